The first-order chi connectivity index (χ1) is 7.90. The molecule has 0 spiro atoms. The van der Waals surface area contributed by atoms with E-state index in [0.29, 0.717) is 12.5 Å². The van der Waals surface area contributed by atoms with Crippen molar-refractivity contribution >= 4 is 33.2 Å². The number of amides is 1. The van der Waals surface area contributed by atoms with Gasteiger partial charge in [-0.25, -0.2) is 0 Å². The molecule has 96 valence electrons. The first kappa shape index (κ1) is 14.7. The van der Waals surface area contributed by atoms with Gasteiger partial charge in [-0.2, -0.15) is 0 Å². The second-order valence-electron chi connectivity index (χ2n) is 4.69. The summed E-state index contributed by atoms with van der Waals surface area (Å²) in [5, 5.41) is 2.04. The summed E-state index contributed by atoms with van der Waals surface area (Å²) in [6, 6.07) is 1.64. The molecule has 0 aliphatic rings. The number of halogens is 1. The highest BCUT2D eigenvalue weighted by atomic mass is 79.9. The van der Waals surface area contributed by atoms with Crippen LogP contribution < -0.4 is 5.73 Å². The number of thiophene rings is 1. The first-order valence-corrected chi connectivity index (χ1v) is 7.31. The van der Waals surface area contributed by atoms with E-state index in [0.717, 1.165) is 15.8 Å². The van der Waals surface area contributed by atoms with Gasteiger partial charge < -0.3 is 10.6 Å². The number of carbonyl (C=O) groups excluding carboxylic acids is 1. The van der Waals surface area contributed by atoms with E-state index in [2.05, 4.69) is 29.8 Å². The molecule has 2 N–H and O–H groups in total. The molecule has 5 heteroatoms. The monoisotopic (exact) mass is 318 g/mol. The van der Waals surface area contributed by atoms with E-state index in [1.807, 2.05) is 11.4 Å². The standard InChI is InChI=1S/C12H19BrN2OS/c1-8(2)4-10(14)12(16)15(3)6-9-5-11(13)17-7-9/h5,7-8,10H,4,6,14H2,1-3H3/t10-/m0/s1. The van der Waals surface area contributed by atoms with Crippen molar-refractivity contribution in [1.29, 1.82) is 0 Å². The van der Waals surface area contributed by atoms with E-state index in [1.165, 1.54) is 0 Å². The van der Waals surface area contributed by atoms with Crippen LogP contribution in [0, 0.1) is 5.92 Å². The fourth-order valence-corrected chi connectivity index (χ4v) is 2.87. The lowest BCUT2D eigenvalue weighted by molar-refractivity contribution is -0.132. The number of hydrogen-bond donors (Lipinski definition) is 1. The highest BCUT2D eigenvalue weighted by Gasteiger charge is 2.19. The Morgan fingerprint density at radius 3 is 2.71 bits per heavy atom. The van der Waals surface area contributed by atoms with Crippen LogP contribution in [0.25, 0.3) is 0 Å². The Labute approximate surface area is 115 Å². The highest BCUT2D eigenvalue weighted by molar-refractivity contribution is 9.11. The SMILES string of the molecule is CC(C)C[C@H](N)C(=O)N(C)Cc1csc(Br)c1. The van der Waals surface area contributed by atoms with Crippen LogP contribution in [0.2, 0.25) is 0 Å². The normalized spacial score (nSPS) is 12.8. The smallest absolute Gasteiger partial charge is 0.239 e. The van der Waals surface area contributed by atoms with Crippen LogP contribution in [0.4, 0.5) is 0 Å². The number of likely N-dealkylation sites (N-methyl/N-ethyl adjacent to an activating group) is 1. The third kappa shape index (κ3) is 4.77. The highest BCUT2D eigenvalue weighted by Crippen LogP contribution is 2.21. The third-order valence-electron chi connectivity index (χ3n) is 2.46. The Kier molecular flexibility index (Phi) is 5.62. The summed E-state index contributed by atoms with van der Waals surface area (Å²) in [5.74, 6) is 0.457. The molecule has 0 unspecified atom stereocenters. The summed E-state index contributed by atoms with van der Waals surface area (Å²) < 4.78 is 1.08. The maximum atomic E-state index is 12.0. The van der Waals surface area contributed by atoms with Crippen molar-refractivity contribution in [2.45, 2.75) is 32.9 Å². The van der Waals surface area contributed by atoms with Crippen molar-refractivity contribution in [3.8, 4) is 0 Å². The summed E-state index contributed by atoms with van der Waals surface area (Å²) in [7, 11) is 1.80. The summed E-state index contributed by atoms with van der Waals surface area (Å²) in [4.78, 5) is 13.7. The predicted molar refractivity (Wildman–Crippen MR) is 75.9 cm³/mol. The van der Waals surface area contributed by atoms with Crippen molar-refractivity contribution in [2.24, 2.45) is 11.7 Å². The molecule has 0 saturated heterocycles. The quantitative estimate of drug-likeness (QED) is 0.907. The third-order valence-corrected chi connectivity index (χ3v) is 4.01. The van der Waals surface area contributed by atoms with Gasteiger partial charge >= 0.3 is 0 Å². The Hall–Kier alpha value is -0.390. The minimum atomic E-state index is -0.387. The van der Waals surface area contributed by atoms with Crippen molar-refractivity contribution in [3.05, 3.63) is 20.8 Å². The molecular formula is C12H19BrN2OS. The lowest BCUT2D eigenvalue weighted by atomic mass is 10.0. The van der Waals surface area contributed by atoms with Crippen LogP contribution >= 0.6 is 27.3 Å². The lowest BCUT2D eigenvalue weighted by Crippen LogP contribution is -2.42. The zero-order chi connectivity index (χ0) is 13.0. The molecule has 0 aliphatic carbocycles. The molecule has 0 aromatic carbocycles. The molecule has 1 aromatic heterocycles. The van der Waals surface area contributed by atoms with Gasteiger partial charge in [-0.1, -0.05) is 13.8 Å². The number of rotatable bonds is 5. The van der Waals surface area contributed by atoms with Crippen LogP contribution in [0.15, 0.2) is 15.2 Å². The molecule has 1 amide bonds. The minimum Gasteiger partial charge on any atom is -0.340 e. The first-order valence-electron chi connectivity index (χ1n) is 5.63. The van der Waals surface area contributed by atoms with Gasteiger partial charge in [0.25, 0.3) is 0 Å². The Morgan fingerprint density at radius 2 is 2.24 bits per heavy atom. The van der Waals surface area contributed by atoms with Gasteiger partial charge in [-0.05, 0) is 45.3 Å². The summed E-state index contributed by atoms with van der Waals surface area (Å²) in [6.45, 7) is 4.76. The number of hydrogen-bond acceptors (Lipinski definition) is 3. The van der Waals surface area contributed by atoms with Crippen molar-refractivity contribution in [1.82, 2.24) is 4.90 Å². The average Bonchev–Trinajstić information content (AvgIpc) is 2.61. The molecule has 1 heterocycles. The van der Waals surface area contributed by atoms with Crippen molar-refractivity contribution in [3.63, 3.8) is 0 Å². The summed E-state index contributed by atoms with van der Waals surface area (Å²) in [6.07, 6.45) is 0.733. The van der Waals surface area contributed by atoms with Crippen LogP contribution in [-0.4, -0.2) is 23.9 Å². The predicted octanol–water partition coefficient (Wildman–Crippen LogP) is 2.84. The van der Waals surface area contributed by atoms with E-state index in [-0.39, 0.29) is 11.9 Å². The van der Waals surface area contributed by atoms with Gasteiger partial charge in [-0.15, -0.1) is 11.3 Å². The van der Waals surface area contributed by atoms with Crippen LogP contribution in [0.5, 0.6) is 0 Å². The molecule has 0 radical (unpaired) electrons. The van der Waals surface area contributed by atoms with Gasteiger partial charge in [0, 0.05) is 13.6 Å². The molecule has 0 bridgehead atoms. The van der Waals surface area contributed by atoms with Gasteiger partial charge in [0.1, 0.15) is 0 Å². The number of carbonyl (C=O) groups is 1. The molecule has 3 nitrogen and oxygen atoms in total. The summed E-state index contributed by atoms with van der Waals surface area (Å²) in [5.41, 5.74) is 7.01. The Morgan fingerprint density at radius 1 is 1.59 bits per heavy atom. The Balaban J connectivity index is 2.52. The van der Waals surface area contributed by atoms with E-state index >= 15 is 0 Å². The Bertz CT molecular complexity index is 378. The molecule has 0 fully saturated rings. The van der Waals surface area contributed by atoms with E-state index in [1.54, 1.807) is 23.3 Å². The maximum Gasteiger partial charge on any atom is 0.239 e. The molecule has 1 atom stereocenters. The van der Waals surface area contributed by atoms with Crippen molar-refractivity contribution in [2.75, 3.05) is 7.05 Å². The topological polar surface area (TPSA) is 46.3 Å². The van der Waals surface area contributed by atoms with E-state index in [9.17, 15) is 4.79 Å². The fourth-order valence-electron chi connectivity index (χ4n) is 1.67. The van der Waals surface area contributed by atoms with E-state index in [4.69, 9.17) is 5.73 Å². The fraction of sp³-hybridized carbons (Fsp3) is 0.583. The van der Waals surface area contributed by atoms with Crippen LogP contribution in [-0.2, 0) is 11.3 Å². The second kappa shape index (κ2) is 6.52. The molecule has 1 aromatic rings. The average molecular weight is 319 g/mol. The maximum absolute atomic E-state index is 12.0. The molecule has 0 saturated carbocycles. The van der Waals surface area contributed by atoms with Gasteiger partial charge in [-0.3, -0.25) is 4.79 Å². The second-order valence-corrected chi connectivity index (χ2v) is 6.98. The zero-order valence-electron chi connectivity index (χ0n) is 10.4. The molecular weight excluding hydrogens is 300 g/mol. The van der Waals surface area contributed by atoms with Gasteiger partial charge in [0.15, 0.2) is 0 Å². The van der Waals surface area contributed by atoms with Crippen molar-refractivity contribution < 1.29 is 4.79 Å². The largest absolute Gasteiger partial charge is 0.340 e. The summed E-state index contributed by atoms with van der Waals surface area (Å²) >= 11 is 5.04. The molecule has 0 aliphatic heterocycles. The number of nitrogens with two attached hydrogens (primary N) is 1. The van der Waals surface area contributed by atoms with E-state index < -0.39 is 0 Å². The van der Waals surface area contributed by atoms with Crippen LogP contribution in [0.1, 0.15) is 25.8 Å². The van der Waals surface area contributed by atoms with Crippen LogP contribution in [0.3, 0.4) is 0 Å². The lowest BCUT2D eigenvalue weighted by Gasteiger charge is -2.21. The zero-order valence-corrected chi connectivity index (χ0v) is 12.8. The molecule has 17 heavy (non-hydrogen) atoms. The van der Waals surface area contributed by atoms with Gasteiger partial charge in [0.2, 0.25) is 5.91 Å². The minimum absolute atomic E-state index is 0.0148. The van der Waals surface area contributed by atoms with Gasteiger partial charge in [0.05, 0.1) is 9.83 Å². The molecule has 1 rings (SSSR count). The number of nitrogens with zero attached hydrogens (tertiary/aromatic N) is 1.